The van der Waals surface area contributed by atoms with Crippen LogP contribution in [0, 0.1) is 5.92 Å². The molecule has 7 nitrogen and oxygen atoms in total. The molecule has 0 amide bonds. The van der Waals surface area contributed by atoms with Gasteiger partial charge in [0.1, 0.15) is 0 Å². The van der Waals surface area contributed by atoms with Crippen LogP contribution in [-0.2, 0) is 19.7 Å². The SMILES string of the molecule is O=C(O)[C@@H]1CC[C@H](NS(=O)(=O)N2CCOCC2)C1. The summed E-state index contributed by atoms with van der Waals surface area (Å²) in [6.45, 7) is 1.52. The average molecular weight is 278 g/mol. The zero-order valence-corrected chi connectivity index (χ0v) is 10.9. The third-order valence-electron chi connectivity index (χ3n) is 3.41. The summed E-state index contributed by atoms with van der Waals surface area (Å²) >= 11 is 0. The van der Waals surface area contributed by atoms with Gasteiger partial charge in [-0.05, 0) is 19.3 Å². The van der Waals surface area contributed by atoms with E-state index in [1.54, 1.807) is 0 Å². The summed E-state index contributed by atoms with van der Waals surface area (Å²) in [5.41, 5.74) is 0. The van der Waals surface area contributed by atoms with Gasteiger partial charge in [-0.1, -0.05) is 0 Å². The van der Waals surface area contributed by atoms with E-state index in [1.165, 1.54) is 4.31 Å². The predicted molar refractivity (Wildman–Crippen MR) is 63.2 cm³/mol. The van der Waals surface area contributed by atoms with Gasteiger partial charge in [-0.25, -0.2) is 0 Å². The fourth-order valence-corrected chi connectivity index (χ4v) is 3.80. The molecule has 18 heavy (non-hydrogen) atoms. The maximum Gasteiger partial charge on any atom is 0.306 e. The Morgan fingerprint density at radius 3 is 2.50 bits per heavy atom. The Morgan fingerprint density at radius 2 is 1.94 bits per heavy atom. The molecule has 2 N–H and O–H groups in total. The first-order valence-corrected chi connectivity index (χ1v) is 7.51. The van der Waals surface area contributed by atoms with Crippen molar-refractivity contribution in [3.05, 3.63) is 0 Å². The molecule has 104 valence electrons. The van der Waals surface area contributed by atoms with Crippen molar-refractivity contribution < 1.29 is 23.1 Å². The van der Waals surface area contributed by atoms with Crippen LogP contribution in [0.3, 0.4) is 0 Å². The van der Waals surface area contributed by atoms with Crippen molar-refractivity contribution in [3.8, 4) is 0 Å². The molecule has 2 atom stereocenters. The highest BCUT2D eigenvalue weighted by molar-refractivity contribution is 7.87. The normalized spacial score (nSPS) is 30.4. The highest BCUT2D eigenvalue weighted by atomic mass is 32.2. The number of nitrogens with zero attached hydrogens (tertiary/aromatic N) is 1. The van der Waals surface area contributed by atoms with Gasteiger partial charge in [0.2, 0.25) is 0 Å². The third kappa shape index (κ3) is 3.19. The lowest BCUT2D eigenvalue weighted by atomic mass is 10.1. The fourth-order valence-electron chi connectivity index (χ4n) is 2.38. The van der Waals surface area contributed by atoms with E-state index in [1.807, 2.05) is 0 Å². The molecule has 1 saturated carbocycles. The first kappa shape index (κ1) is 13.7. The van der Waals surface area contributed by atoms with E-state index in [0.29, 0.717) is 45.6 Å². The Morgan fingerprint density at radius 1 is 1.28 bits per heavy atom. The molecule has 1 aliphatic carbocycles. The highest BCUT2D eigenvalue weighted by Gasteiger charge is 2.34. The first-order chi connectivity index (χ1) is 8.49. The number of carboxylic acids is 1. The van der Waals surface area contributed by atoms with Crippen molar-refractivity contribution in [1.82, 2.24) is 9.03 Å². The molecule has 0 radical (unpaired) electrons. The van der Waals surface area contributed by atoms with E-state index < -0.39 is 22.1 Å². The average Bonchev–Trinajstić information content (AvgIpc) is 2.78. The minimum absolute atomic E-state index is 0.265. The van der Waals surface area contributed by atoms with Gasteiger partial charge < -0.3 is 9.84 Å². The summed E-state index contributed by atoms with van der Waals surface area (Å²) in [6, 6.07) is -0.265. The van der Waals surface area contributed by atoms with Gasteiger partial charge in [0.15, 0.2) is 0 Å². The van der Waals surface area contributed by atoms with Crippen LogP contribution in [0.5, 0.6) is 0 Å². The van der Waals surface area contributed by atoms with Crippen LogP contribution >= 0.6 is 0 Å². The highest BCUT2D eigenvalue weighted by Crippen LogP contribution is 2.26. The second-order valence-corrected chi connectivity index (χ2v) is 6.38. The molecule has 0 aromatic carbocycles. The number of hydrogen-bond donors (Lipinski definition) is 2. The van der Waals surface area contributed by atoms with E-state index in [-0.39, 0.29) is 6.04 Å². The number of hydrogen-bond acceptors (Lipinski definition) is 4. The zero-order valence-electron chi connectivity index (χ0n) is 10.0. The lowest BCUT2D eigenvalue weighted by molar-refractivity contribution is -0.141. The number of rotatable bonds is 4. The molecule has 0 unspecified atom stereocenters. The molecule has 1 aliphatic heterocycles. The Bertz CT molecular complexity index is 404. The van der Waals surface area contributed by atoms with Gasteiger partial charge in [0.05, 0.1) is 19.1 Å². The molecule has 2 aliphatic rings. The van der Waals surface area contributed by atoms with E-state index in [2.05, 4.69) is 4.72 Å². The van der Waals surface area contributed by atoms with Crippen molar-refractivity contribution in [2.24, 2.45) is 5.92 Å². The van der Waals surface area contributed by atoms with Gasteiger partial charge in [0.25, 0.3) is 10.2 Å². The minimum atomic E-state index is -3.51. The maximum atomic E-state index is 12.0. The molecule has 0 aromatic heterocycles. The van der Waals surface area contributed by atoms with Crippen molar-refractivity contribution in [2.45, 2.75) is 25.3 Å². The maximum absolute atomic E-state index is 12.0. The molecular formula is C10H18N2O5S. The largest absolute Gasteiger partial charge is 0.481 e. The monoisotopic (exact) mass is 278 g/mol. The topological polar surface area (TPSA) is 95.9 Å². The summed E-state index contributed by atoms with van der Waals surface area (Å²) in [5, 5.41) is 8.87. The van der Waals surface area contributed by atoms with Gasteiger partial charge in [0, 0.05) is 19.1 Å². The summed E-state index contributed by atoms with van der Waals surface area (Å²) in [7, 11) is -3.51. The first-order valence-electron chi connectivity index (χ1n) is 6.07. The van der Waals surface area contributed by atoms with Crippen LogP contribution in [0.4, 0.5) is 0 Å². The van der Waals surface area contributed by atoms with Crippen LogP contribution in [0.2, 0.25) is 0 Å². The lowest BCUT2D eigenvalue weighted by Gasteiger charge is -2.27. The predicted octanol–water partition coefficient (Wildman–Crippen LogP) is -0.594. The Kier molecular flexibility index (Phi) is 4.21. The Balaban J connectivity index is 1.90. The second-order valence-electron chi connectivity index (χ2n) is 4.68. The summed E-state index contributed by atoms with van der Waals surface area (Å²) in [4.78, 5) is 10.8. The van der Waals surface area contributed by atoms with Crippen LogP contribution in [0.15, 0.2) is 0 Å². The minimum Gasteiger partial charge on any atom is -0.481 e. The van der Waals surface area contributed by atoms with Gasteiger partial charge >= 0.3 is 5.97 Å². The number of carboxylic acid groups (broad SMARTS) is 1. The zero-order chi connectivity index (χ0) is 13.2. The Hall–Kier alpha value is -0.700. The molecule has 1 heterocycles. The molecule has 2 fully saturated rings. The number of carbonyl (C=O) groups is 1. The molecule has 0 bridgehead atoms. The molecule has 1 saturated heterocycles. The standard InChI is InChI=1S/C10H18N2O5S/c13-10(14)8-1-2-9(7-8)11-18(15,16)12-3-5-17-6-4-12/h8-9,11H,1-7H2,(H,13,14)/t8-,9+/m1/s1. The quantitative estimate of drug-likeness (QED) is 0.716. The van der Waals surface area contributed by atoms with E-state index in [0.717, 1.165) is 0 Å². The molecule has 0 spiro atoms. The Labute approximate surface area is 106 Å². The molecule has 0 aromatic rings. The van der Waals surface area contributed by atoms with Gasteiger partial charge in [-0.15, -0.1) is 0 Å². The number of nitrogens with one attached hydrogen (secondary N) is 1. The van der Waals surface area contributed by atoms with Crippen LogP contribution < -0.4 is 4.72 Å². The van der Waals surface area contributed by atoms with Crippen molar-refractivity contribution in [2.75, 3.05) is 26.3 Å². The summed E-state index contributed by atoms with van der Waals surface area (Å²) < 4.78 is 33.1. The third-order valence-corrected chi connectivity index (χ3v) is 5.08. The van der Waals surface area contributed by atoms with Crippen LogP contribution in [0.1, 0.15) is 19.3 Å². The summed E-state index contributed by atoms with van der Waals surface area (Å²) in [6.07, 6.45) is 1.49. The van der Waals surface area contributed by atoms with Crippen molar-refractivity contribution in [1.29, 1.82) is 0 Å². The molecule has 2 rings (SSSR count). The van der Waals surface area contributed by atoms with Crippen LogP contribution in [0.25, 0.3) is 0 Å². The van der Waals surface area contributed by atoms with E-state index in [9.17, 15) is 13.2 Å². The lowest BCUT2D eigenvalue weighted by Crippen LogP contribution is -2.49. The van der Waals surface area contributed by atoms with Crippen molar-refractivity contribution in [3.63, 3.8) is 0 Å². The van der Waals surface area contributed by atoms with Gasteiger partial charge in [-0.2, -0.15) is 17.4 Å². The smallest absolute Gasteiger partial charge is 0.306 e. The van der Waals surface area contributed by atoms with Crippen LogP contribution in [-0.4, -0.2) is 56.1 Å². The summed E-state index contributed by atoms with van der Waals surface area (Å²) in [5.74, 6) is -1.27. The number of ether oxygens (including phenoxy) is 1. The van der Waals surface area contributed by atoms with Crippen molar-refractivity contribution >= 4 is 16.2 Å². The fraction of sp³-hybridized carbons (Fsp3) is 0.900. The van der Waals surface area contributed by atoms with E-state index in [4.69, 9.17) is 9.84 Å². The molecule has 8 heteroatoms. The number of aliphatic carboxylic acids is 1. The number of morpholine rings is 1. The van der Waals surface area contributed by atoms with Gasteiger partial charge in [-0.3, -0.25) is 4.79 Å². The molecular weight excluding hydrogens is 260 g/mol. The van der Waals surface area contributed by atoms with E-state index >= 15 is 0 Å². The second kappa shape index (κ2) is 5.52.